The van der Waals surface area contributed by atoms with Crippen LogP contribution in [0.3, 0.4) is 0 Å². The van der Waals surface area contributed by atoms with Crippen molar-refractivity contribution in [3.8, 4) is 56.5 Å². The maximum Gasteiger partial charge on any atom is 0.164 e. The molecule has 13 aromatic rings. The molecule has 0 fully saturated rings. The minimum absolute atomic E-state index is 0.625. The summed E-state index contributed by atoms with van der Waals surface area (Å²) in [5.74, 6) is 1.91. The van der Waals surface area contributed by atoms with Crippen LogP contribution < -0.4 is 0 Å². The number of nitrogens with zero attached hydrogens (tertiary/aromatic N) is 4. The van der Waals surface area contributed by atoms with Gasteiger partial charge in [-0.3, -0.25) is 0 Å². The Morgan fingerprint density at radius 1 is 0.295 bits per heavy atom. The Morgan fingerprint density at radius 3 is 1.64 bits per heavy atom. The largest absolute Gasteiger partial charge is 0.455 e. The van der Waals surface area contributed by atoms with Gasteiger partial charge in [0.2, 0.25) is 0 Å². The Kier molecular flexibility index (Phi) is 7.24. The van der Waals surface area contributed by atoms with E-state index in [-0.39, 0.29) is 0 Å². The first kappa shape index (κ1) is 33.7. The van der Waals surface area contributed by atoms with Gasteiger partial charge >= 0.3 is 0 Å². The van der Waals surface area contributed by atoms with Crippen molar-refractivity contribution in [1.82, 2.24) is 19.9 Å². The van der Waals surface area contributed by atoms with Crippen LogP contribution >= 0.6 is 0 Å². The predicted molar refractivity (Wildman–Crippen MR) is 251 cm³/mol. The maximum absolute atomic E-state index is 6.53. The van der Waals surface area contributed by atoms with E-state index in [9.17, 15) is 0 Å². The van der Waals surface area contributed by atoms with Crippen LogP contribution in [-0.2, 0) is 0 Å². The van der Waals surface area contributed by atoms with Crippen LogP contribution in [-0.4, -0.2) is 19.9 Å². The van der Waals surface area contributed by atoms with E-state index in [1.54, 1.807) is 0 Å². The molecule has 3 aromatic heterocycles. The van der Waals surface area contributed by atoms with Crippen molar-refractivity contribution in [2.24, 2.45) is 0 Å². The molecule has 10 aromatic carbocycles. The Hall–Kier alpha value is -8.28. The molecule has 0 saturated heterocycles. The molecule has 5 nitrogen and oxygen atoms in total. The molecular weight excluding hydrogens is 745 g/mol. The van der Waals surface area contributed by atoms with E-state index in [1.165, 1.54) is 26.9 Å². The van der Waals surface area contributed by atoms with Gasteiger partial charge in [-0.15, -0.1) is 0 Å². The van der Waals surface area contributed by atoms with Crippen LogP contribution in [0, 0.1) is 0 Å². The van der Waals surface area contributed by atoms with Gasteiger partial charge in [0.15, 0.2) is 17.5 Å². The number of aromatic nitrogens is 4. The number of furan rings is 1. The second-order valence-corrected chi connectivity index (χ2v) is 15.7. The number of hydrogen-bond acceptors (Lipinski definition) is 5. The summed E-state index contributed by atoms with van der Waals surface area (Å²) in [5.41, 5.74) is 9.68. The van der Waals surface area contributed by atoms with Crippen LogP contribution in [0.5, 0.6) is 0 Å². The molecule has 0 aliphatic rings. The van der Waals surface area contributed by atoms with Gasteiger partial charge in [0, 0.05) is 33.0 Å². The fourth-order valence-electron chi connectivity index (χ4n) is 9.43. The standard InChI is InChI=1S/C56H32N4O/c1-2-11-37(12-3-1)54-58-55(60-56(59-54)44-30-28-36-24-23-34-13-10-14-35-27-29-42(44)50(36)49(34)35)38-25-21-33(22-26-38)39-31-32-43(41-16-5-4-15-40(39)41)52-51-46-18-7-9-20-48(46)61-53(51)45-17-6-8-19-47(45)57-52/h1-32H. The second kappa shape index (κ2) is 13.1. The van der Waals surface area contributed by atoms with Crippen molar-refractivity contribution in [3.63, 3.8) is 0 Å². The number of hydrogen-bond donors (Lipinski definition) is 0. The van der Waals surface area contributed by atoms with Crippen molar-refractivity contribution in [1.29, 1.82) is 0 Å². The molecule has 0 saturated carbocycles. The fraction of sp³-hybridized carbons (Fsp3) is 0. The lowest BCUT2D eigenvalue weighted by Crippen LogP contribution is -2.01. The van der Waals surface area contributed by atoms with E-state index in [4.69, 9.17) is 24.4 Å². The summed E-state index contributed by atoms with van der Waals surface area (Å²) in [6.07, 6.45) is 0. The summed E-state index contributed by atoms with van der Waals surface area (Å²) >= 11 is 0. The summed E-state index contributed by atoms with van der Waals surface area (Å²) in [7, 11) is 0. The molecule has 0 amide bonds. The zero-order chi connectivity index (χ0) is 40.0. The molecule has 13 rings (SSSR count). The maximum atomic E-state index is 6.53. The molecule has 0 spiro atoms. The van der Waals surface area contributed by atoms with Crippen LogP contribution in [0.25, 0.3) is 132 Å². The van der Waals surface area contributed by atoms with Crippen molar-refractivity contribution in [2.75, 3.05) is 0 Å². The Balaban J connectivity index is 0.949. The molecule has 0 atom stereocenters. The van der Waals surface area contributed by atoms with Crippen LogP contribution in [0.2, 0.25) is 0 Å². The van der Waals surface area contributed by atoms with Crippen molar-refractivity contribution in [2.45, 2.75) is 0 Å². The number of benzene rings is 10. The minimum Gasteiger partial charge on any atom is -0.455 e. The lowest BCUT2D eigenvalue weighted by Gasteiger charge is -2.15. The highest BCUT2D eigenvalue weighted by Crippen LogP contribution is 2.44. The number of pyridine rings is 1. The Morgan fingerprint density at radius 2 is 0.852 bits per heavy atom. The molecule has 3 heterocycles. The van der Waals surface area contributed by atoms with Gasteiger partial charge in [0.25, 0.3) is 0 Å². The first-order valence-electron chi connectivity index (χ1n) is 20.5. The van der Waals surface area contributed by atoms with Gasteiger partial charge in [-0.05, 0) is 78.5 Å². The quantitative estimate of drug-likeness (QED) is 0.163. The van der Waals surface area contributed by atoms with Crippen LogP contribution in [0.15, 0.2) is 199 Å². The van der Waals surface area contributed by atoms with Gasteiger partial charge in [-0.1, -0.05) is 170 Å². The van der Waals surface area contributed by atoms with Crippen molar-refractivity contribution in [3.05, 3.63) is 194 Å². The van der Waals surface area contributed by atoms with E-state index in [1.807, 2.05) is 42.5 Å². The first-order valence-corrected chi connectivity index (χ1v) is 20.5. The monoisotopic (exact) mass is 776 g/mol. The zero-order valence-corrected chi connectivity index (χ0v) is 32.7. The molecule has 282 valence electrons. The SMILES string of the molecule is c1ccc(-c2nc(-c3ccc(-c4ccc(-c5nc6ccccc6c6oc7ccccc7c56)c5ccccc45)cc3)nc(-c3ccc4ccc5cccc6ccc3c4c56)n2)cc1. The topological polar surface area (TPSA) is 64.7 Å². The molecule has 61 heavy (non-hydrogen) atoms. The average molecular weight is 777 g/mol. The molecule has 0 bridgehead atoms. The van der Waals surface area contributed by atoms with Crippen molar-refractivity contribution < 1.29 is 4.42 Å². The lowest BCUT2D eigenvalue weighted by atomic mass is 9.91. The highest BCUT2D eigenvalue weighted by molar-refractivity contribution is 6.25. The van der Waals surface area contributed by atoms with Gasteiger partial charge < -0.3 is 4.42 Å². The molecular formula is C56H32N4O. The smallest absolute Gasteiger partial charge is 0.164 e. The van der Waals surface area contributed by atoms with Crippen molar-refractivity contribution >= 4 is 75.9 Å². The Bertz CT molecular complexity index is 3860. The average Bonchev–Trinajstić information content (AvgIpc) is 3.73. The normalized spacial score (nSPS) is 11.9. The summed E-state index contributed by atoms with van der Waals surface area (Å²) in [6, 6.07) is 68.0. The highest BCUT2D eigenvalue weighted by atomic mass is 16.3. The minimum atomic E-state index is 0.625. The first-order chi connectivity index (χ1) is 30.2. The van der Waals surface area contributed by atoms with Crippen LogP contribution in [0.1, 0.15) is 0 Å². The van der Waals surface area contributed by atoms with E-state index in [2.05, 4.69) is 152 Å². The summed E-state index contributed by atoms with van der Waals surface area (Å²) < 4.78 is 6.53. The van der Waals surface area contributed by atoms with Gasteiger partial charge in [-0.25, -0.2) is 19.9 Å². The van der Waals surface area contributed by atoms with Crippen LogP contribution in [0.4, 0.5) is 0 Å². The third-order valence-corrected chi connectivity index (χ3v) is 12.3. The predicted octanol–water partition coefficient (Wildman–Crippen LogP) is 14.7. The van der Waals surface area contributed by atoms with E-state index in [0.29, 0.717) is 17.5 Å². The molecule has 0 unspecified atom stereocenters. The molecule has 0 aliphatic heterocycles. The molecule has 0 radical (unpaired) electrons. The molecule has 0 aliphatic carbocycles. The number of fused-ring (bicyclic) bond motifs is 6. The summed E-state index contributed by atoms with van der Waals surface area (Å²) in [4.78, 5) is 20.7. The molecule has 0 N–H and O–H groups in total. The zero-order valence-electron chi connectivity index (χ0n) is 32.7. The highest BCUT2D eigenvalue weighted by Gasteiger charge is 2.21. The molecule has 5 heteroatoms. The summed E-state index contributed by atoms with van der Waals surface area (Å²) in [5, 5.41) is 12.7. The summed E-state index contributed by atoms with van der Waals surface area (Å²) in [6.45, 7) is 0. The number of para-hydroxylation sites is 2. The van der Waals surface area contributed by atoms with Gasteiger partial charge in [0.05, 0.1) is 16.6 Å². The third kappa shape index (κ3) is 5.21. The van der Waals surface area contributed by atoms with E-state index >= 15 is 0 Å². The van der Waals surface area contributed by atoms with E-state index in [0.717, 1.165) is 88.1 Å². The van der Waals surface area contributed by atoms with Gasteiger partial charge in [-0.2, -0.15) is 0 Å². The van der Waals surface area contributed by atoms with E-state index < -0.39 is 0 Å². The third-order valence-electron chi connectivity index (χ3n) is 12.3. The second-order valence-electron chi connectivity index (χ2n) is 15.7. The Labute approximate surface area is 349 Å². The lowest BCUT2D eigenvalue weighted by molar-refractivity contribution is 0.672. The number of rotatable bonds is 5. The fourth-order valence-corrected chi connectivity index (χ4v) is 9.43. The van der Waals surface area contributed by atoms with Gasteiger partial charge in [0.1, 0.15) is 11.2 Å².